The van der Waals surface area contributed by atoms with Gasteiger partial charge in [0.05, 0.1) is 11.7 Å². The number of amides is 1. The molecule has 1 amide bonds. The van der Waals surface area contributed by atoms with Crippen LogP contribution >= 0.6 is 0 Å². The minimum absolute atomic E-state index is 0.0411. The van der Waals surface area contributed by atoms with Gasteiger partial charge in [-0.15, -0.1) is 0 Å². The lowest BCUT2D eigenvalue weighted by molar-refractivity contribution is -0.141. The van der Waals surface area contributed by atoms with Gasteiger partial charge in [0, 0.05) is 13.0 Å². The van der Waals surface area contributed by atoms with Crippen LogP contribution in [0.15, 0.2) is 10.5 Å². The SMILES string of the molecule is Cc1cc(C(=O)N2C[C@H](O)C[C@@H]2C(=O)O)c(C)o1. The van der Waals surface area contributed by atoms with Crippen molar-refractivity contribution in [3.63, 3.8) is 0 Å². The van der Waals surface area contributed by atoms with E-state index in [9.17, 15) is 14.7 Å². The molecule has 2 heterocycles. The van der Waals surface area contributed by atoms with Gasteiger partial charge in [-0.2, -0.15) is 0 Å². The predicted octanol–water partition coefficient (Wildman–Crippen LogP) is 0.556. The molecule has 1 aromatic rings. The Bertz CT molecular complexity index is 493. The first-order valence-electron chi connectivity index (χ1n) is 5.69. The topological polar surface area (TPSA) is 91.0 Å². The molecule has 0 unspecified atom stereocenters. The molecule has 1 aliphatic rings. The molecule has 0 aliphatic carbocycles. The largest absolute Gasteiger partial charge is 0.480 e. The summed E-state index contributed by atoms with van der Waals surface area (Å²) < 4.78 is 5.26. The summed E-state index contributed by atoms with van der Waals surface area (Å²) in [4.78, 5) is 24.5. The predicted molar refractivity (Wildman–Crippen MR) is 61.3 cm³/mol. The fraction of sp³-hybridized carbons (Fsp3) is 0.500. The number of rotatable bonds is 2. The van der Waals surface area contributed by atoms with Gasteiger partial charge in [0.1, 0.15) is 17.6 Å². The monoisotopic (exact) mass is 253 g/mol. The maximum atomic E-state index is 12.2. The van der Waals surface area contributed by atoms with Crippen molar-refractivity contribution in [2.45, 2.75) is 32.4 Å². The van der Waals surface area contributed by atoms with Crippen molar-refractivity contribution in [1.29, 1.82) is 0 Å². The van der Waals surface area contributed by atoms with Crippen molar-refractivity contribution >= 4 is 11.9 Å². The number of aryl methyl sites for hydroxylation is 2. The van der Waals surface area contributed by atoms with Crippen molar-refractivity contribution in [2.24, 2.45) is 0 Å². The summed E-state index contributed by atoms with van der Waals surface area (Å²) in [7, 11) is 0. The van der Waals surface area contributed by atoms with Gasteiger partial charge < -0.3 is 19.5 Å². The Kier molecular flexibility index (Phi) is 3.13. The van der Waals surface area contributed by atoms with Crippen LogP contribution in [0, 0.1) is 13.8 Å². The van der Waals surface area contributed by atoms with Crippen molar-refractivity contribution in [2.75, 3.05) is 6.54 Å². The van der Waals surface area contributed by atoms with E-state index in [2.05, 4.69) is 0 Å². The van der Waals surface area contributed by atoms with Crippen LogP contribution in [0.1, 0.15) is 28.3 Å². The molecule has 6 heteroatoms. The first kappa shape index (κ1) is 12.6. The number of hydrogen-bond acceptors (Lipinski definition) is 4. The number of furan rings is 1. The van der Waals surface area contributed by atoms with E-state index in [-0.39, 0.29) is 13.0 Å². The average Bonchev–Trinajstić information content (AvgIpc) is 2.81. The van der Waals surface area contributed by atoms with E-state index in [4.69, 9.17) is 9.52 Å². The number of β-amino-alcohol motifs (C(OH)–C–C–N with tert-alkyl or cyclic N) is 1. The van der Waals surface area contributed by atoms with Crippen LogP contribution in [0.5, 0.6) is 0 Å². The summed E-state index contributed by atoms with van der Waals surface area (Å²) in [5, 5.41) is 18.6. The fourth-order valence-corrected chi connectivity index (χ4v) is 2.27. The molecule has 0 saturated carbocycles. The zero-order valence-corrected chi connectivity index (χ0v) is 10.2. The lowest BCUT2D eigenvalue weighted by Crippen LogP contribution is -2.40. The third-order valence-corrected chi connectivity index (χ3v) is 3.10. The van der Waals surface area contributed by atoms with Crippen LogP contribution in [-0.4, -0.2) is 45.7 Å². The van der Waals surface area contributed by atoms with E-state index in [0.29, 0.717) is 17.1 Å². The number of hydrogen-bond donors (Lipinski definition) is 2. The molecule has 2 rings (SSSR count). The number of nitrogens with zero attached hydrogens (tertiary/aromatic N) is 1. The van der Waals surface area contributed by atoms with E-state index in [1.54, 1.807) is 19.9 Å². The normalized spacial score (nSPS) is 23.4. The zero-order chi connectivity index (χ0) is 13.4. The Hall–Kier alpha value is -1.82. The molecule has 1 fully saturated rings. The molecule has 0 radical (unpaired) electrons. The van der Waals surface area contributed by atoms with Gasteiger partial charge in [0.15, 0.2) is 0 Å². The molecule has 0 bridgehead atoms. The Balaban J connectivity index is 2.28. The van der Waals surface area contributed by atoms with Gasteiger partial charge in [-0.05, 0) is 19.9 Å². The van der Waals surface area contributed by atoms with Crippen LogP contribution in [0.3, 0.4) is 0 Å². The Morgan fingerprint density at radius 2 is 2.11 bits per heavy atom. The fourth-order valence-electron chi connectivity index (χ4n) is 2.27. The number of aliphatic hydroxyl groups is 1. The first-order chi connectivity index (χ1) is 8.40. The van der Waals surface area contributed by atoms with Crippen LogP contribution < -0.4 is 0 Å². The molecular weight excluding hydrogens is 238 g/mol. The Morgan fingerprint density at radius 1 is 1.44 bits per heavy atom. The van der Waals surface area contributed by atoms with E-state index < -0.39 is 24.0 Å². The van der Waals surface area contributed by atoms with E-state index >= 15 is 0 Å². The highest BCUT2D eigenvalue weighted by Crippen LogP contribution is 2.23. The van der Waals surface area contributed by atoms with Gasteiger partial charge in [-0.25, -0.2) is 4.79 Å². The maximum absolute atomic E-state index is 12.2. The summed E-state index contributed by atoms with van der Waals surface area (Å²) >= 11 is 0. The smallest absolute Gasteiger partial charge is 0.326 e. The van der Waals surface area contributed by atoms with Gasteiger partial charge in [0.2, 0.25) is 0 Å². The number of carbonyl (C=O) groups is 2. The van der Waals surface area contributed by atoms with Crippen molar-refractivity contribution in [3.05, 3.63) is 23.2 Å². The standard InChI is InChI=1S/C12H15NO5/c1-6-3-9(7(2)18-6)11(15)13-5-8(14)4-10(13)12(16)17/h3,8,10,14H,4-5H2,1-2H3,(H,16,17)/t8-,10-/m1/s1. The number of aliphatic carboxylic acids is 1. The van der Waals surface area contributed by atoms with E-state index in [1.165, 1.54) is 4.90 Å². The third kappa shape index (κ3) is 2.11. The molecule has 2 N–H and O–H groups in total. The molecule has 2 atom stereocenters. The lowest BCUT2D eigenvalue weighted by atomic mass is 10.2. The quantitative estimate of drug-likeness (QED) is 0.803. The summed E-state index contributed by atoms with van der Waals surface area (Å²) in [6.45, 7) is 3.42. The highest BCUT2D eigenvalue weighted by Gasteiger charge is 2.40. The Labute approximate surface area is 104 Å². The van der Waals surface area contributed by atoms with Crippen LogP contribution in [0.25, 0.3) is 0 Å². The number of carbonyl (C=O) groups excluding carboxylic acids is 1. The molecule has 0 spiro atoms. The molecule has 1 aromatic heterocycles. The first-order valence-corrected chi connectivity index (χ1v) is 5.69. The van der Waals surface area contributed by atoms with Crippen molar-refractivity contribution in [3.8, 4) is 0 Å². The number of carboxylic acids is 1. The van der Waals surface area contributed by atoms with Gasteiger partial charge in [-0.1, -0.05) is 0 Å². The van der Waals surface area contributed by atoms with Crippen LogP contribution in [-0.2, 0) is 4.79 Å². The van der Waals surface area contributed by atoms with Crippen molar-refractivity contribution in [1.82, 2.24) is 4.90 Å². The van der Waals surface area contributed by atoms with E-state index in [0.717, 1.165) is 0 Å². The van der Waals surface area contributed by atoms with Crippen LogP contribution in [0.2, 0.25) is 0 Å². The van der Waals surface area contributed by atoms with Gasteiger partial charge >= 0.3 is 5.97 Å². The minimum Gasteiger partial charge on any atom is -0.480 e. The molecule has 98 valence electrons. The highest BCUT2D eigenvalue weighted by molar-refractivity contribution is 5.98. The third-order valence-electron chi connectivity index (χ3n) is 3.10. The molecule has 1 saturated heterocycles. The van der Waals surface area contributed by atoms with Crippen LogP contribution in [0.4, 0.5) is 0 Å². The Morgan fingerprint density at radius 3 is 2.61 bits per heavy atom. The number of likely N-dealkylation sites (tertiary alicyclic amines) is 1. The van der Waals surface area contributed by atoms with Gasteiger partial charge in [0.25, 0.3) is 5.91 Å². The molecule has 6 nitrogen and oxygen atoms in total. The average molecular weight is 253 g/mol. The molecular formula is C12H15NO5. The second kappa shape index (κ2) is 4.45. The molecule has 0 aromatic carbocycles. The number of aliphatic hydroxyl groups excluding tert-OH is 1. The summed E-state index contributed by atoms with van der Waals surface area (Å²) in [5.74, 6) is -0.448. The summed E-state index contributed by atoms with van der Waals surface area (Å²) in [5.41, 5.74) is 0.354. The van der Waals surface area contributed by atoms with Crippen molar-refractivity contribution < 1.29 is 24.2 Å². The van der Waals surface area contributed by atoms with E-state index in [1.807, 2.05) is 0 Å². The summed E-state index contributed by atoms with van der Waals surface area (Å²) in [6, 6.07) is 0.614. The second-order valence-electron chi connectivity index (χ2n) is 4.53. The zero-order valence-electron chi connectivity index (χ0n) is 10.2. The highest BCUT2D eigenvalue weighted by atomic mass is 16.4. The summed E-state index contributed by atoms with van der Waals surface area (Å²) in [6.07, 6.45) is -0.722. The minimum atomic E-state index is -1.10. The molecule has 1 aliphatic heterocycles. The molecule has 18 heavy (non-hydrogen) atoms. The maximum Gasteiger partial charge on any atom is 0.326 e. The second-order valence-corrected chi connectivity index (χ2v) is 4.53. The lowest BCUT2D eigenvalue weighted by Gasteiger charge is -2.20. The number of carboxylic acid groups (broad SMARTS) is 1. The van der Waals surface area contributed by atoms with Gasteiger partial charge in [-0.3, -0.25) is 4.79 Å².